The Morgan fingerprint density at radius 3 is 2.62 bits per heavy atom. The molecule has 1 aliphatic heterocycles. The van der Waals surface area contributed by atoms with E-state index < -0.39 is 0 Å². The number of aromatic amines is 1. The Labute approximate surface area is 170 Å². The average molecular weight is 396 g/mol. The lowest BCUT2D eigenvalue weighted by Crippen LogP contribution is -2.49. The monoisotopic (exact) mass is 396 g/mol. The van der Waals surface area contributed by atoms with Gasteiger partial charge in [0.25, 0.3) is 11.5 Å². The fourth-order valence-electron chi connectivity index (χ4n) is 4.38. The molecule has 154 valence electrons. The number of hydrogen-bond acceptors (Lipinski definition) is 5. The third-order valence-electron chi connectivity index (χ3n) is 6.00. The van der Waals surface area contributed by atoms with E-state index in [-0.39, 0.29) is 18.1 Å². The van der Waals surface area contributed by atoms with Crippen LogP contribution in [-0.2, 0) is 19.3 Å². The van der Waals surface area contributed by atoms with Gasteiger partial charge in [-0.1, -0.05) is 12.1 Å². The molecule has 0 atom stereocenters. The fourth-order valence-corrected chi connectivity index (χ4v) is 4.38. The molecule has 2 N–H and O–H groups in total. The minimum Gasteiger partial charge on any atom is -0.395 e. The highest BCUT2D eigenvalue weighted by molar-refractivity contribution is 5.94. The molecule has 1 amide bonds. The van der Waals surface area contributed by atoms with E-state index >= 15 is 0 Å². The molecule has 7 heteroatoms. The summed E-state index contributed by atoms with van der Waals surface area (Å²) < 4.78 is 0. The van der Waals surface area contributed by atoms with Gasteiger partial charge in [0.1, 0.15) is 0 Å². The number of rotatable bonds is 5. The number of β-amino-alcohol motifs (C(OH)–C–C–N with tert-alkyl or cyclic N) is 1. The lowest BCUT2D eigenvalue weighted by molar-refractivity contribution is 0.0615. The number of aliphatic hydroxyl groups excluding tert-OH is 1. The Balaban J connectivity index is 1.49. The van der Waals surface area contributed by atoms with Crippen LogP contribution in [0.25, 0.3) is 0 Å². The maximum atomic E-state index is 12.9. The second-order valence-corrected chi connectivity index (χ2v) is 7.90. The van der Waals surface area contributed by atoms with E-state index in [9.17, 15) is 9.59 Å². The lowest BCUT2D eigenvalue weighted by atomic mass is 9.90. The van der Waals surface area contributed by atoms with Crippen molar-refractivity contribution in [1.82, 2.24) is 20.0 Å². The molecule has 1 saturated heterocycles. The number of carbonyl (C=O) groups excluding carboxylic acids is 1. The van der Waals surface area contributed by atoms with Crippen LogP contribution in [0.4, 0.5) is 0 Å². The first kappa shape index (κ1) is 19.8. The summed E-state index contributed by atoms with van der Waals surface area (Å²) in [6.07, 6.45) is 4.48. The first-order valence-corrected chi connectivity index (χ1v) is 10.5. The van der Waals surface area contributed by atoms with Gasteiger partial charge < -0.3 is 10.0 Å². The van der Waals surface area contributed by atoms with Crippen LogP contribution in [0, 0.1) is 0 Å². The Bertz CT molecular complexity index is 932. The van der Waals surface area contributed by atoms with E-state index in [2.05, 4.69) is 15.1 Å². The Kier molecular flexibility index (Phi) is 6.06. The highest BCUT2D eigenvalue weighted by Crippen LogP contribution is 2.22. The summed E-state index contributed by atoms with van der Waals surface area (Å²) in [7, 11) is 0. The lowest BCUT2D eigenvalue weighted by Gasteiger charge is -2.34. The van der Waals surface area contributed by atoms with Gasteiger partial charge in [-0.15, -0.1) is 0 Å². The summed E-state index contributed by atoms with van der Waals surface area (Å²) >= 11 is 0. The van der Waals surface area contributed by atoms with Crippen molar-refractivity contribution in [3.63, 3.8) is 0 Å². The molecule has 0 unspecified atom stereocenters. The highest BCUT2D eigenvalue weighted by Gasteiger charge is 2.22. The predicted molar refractivity (Wildman–Crippen MR) is 110 cm³/mol. The number of nitrogens with zero attached hydrogens (tertiary/aromatic N) is 3. The van der Waals surface area contributed by atoms with Crippen LogP contribution in [0.5, 0.6) is 0 Å². The molecule has 29 heavy (non-hydrogen) atoms. The van der Waals surface area contributed by atoms with Crippen molar-refractivity contribution in [3.05, 3.63) is 62.6 Å². The molecular weight excluding hydrogens is 368 g/mol. The second kappa shape index (κ2) is 8.88. The third-order valence-corrected chi connectivity index (χ3v) is 6.00. The average Bonchev–Trinajstić information content (AvgIpc) is 2.76. The molecule has 2 aliphatic rings. The maximum Gasteiger partial charge on any atom is 0.267 e. The van der Waals surface area contributed by atoms with E-state index in [1.54, 1.807) is 0 Å². The van der Waals surface area contributed by atoms with Crippen LogP contribution in [0.2, 0.25) is 0 Å². The molecule has 1 aliphatic carbocycles. The minimum atomic E-state index is -0.0623. The number of hydrogen-bond donors (Lipinski definition) is 2. The number of aliphatic hydroxyl groups is 1. The van der Waals surface area contributed by atoms with E-state index in [1.165, 1.54) is 0 Å². The van der Waals surface area contributed by atoms with E-state index in [1.807, 2.05) is 29.2 Å². The van der Waals surface area contributed by atoms with Gasteiger partial charge in [-0.25, -0.2) is 5.10 Å². The summed E-state index contributed by atoms with van der Waals surface area (Å²) in [6, 6.07) is 7.74. The third kappa shape index (κ3) is 4.41. The smallest absolute Gasteiger partial charge is 0.267 e. The zero-order valence-corrected chi connectivity index (χ0v) is 16.7. The normalized spacial score (nSPS) is 17.2. The summed E-state index contributed by atoms with van der Waals surface area (Å²) in [5.74, 6) is 0.0481. The van der Waals surface area contributed by atoms with Crippen LogP contribution < -0.4 is 5.56 Å². The minimum absolute atomic E-state index is 0.0481. The molecule has 0 bridgehead atoms. The number of amides is 1. The number of piperazine rings is 1. The van der Waals surface area contributed by atoms with Crippen molar-refractivity contribution < 1.29 is 9.90 Å². The van der Waals surface area contributed by atoms with Crippen LogP contribution in [0.3, 0.4) is 0 Å². The van der Waals surface area contributed by atoms with Crippen LogP contribution in [-0.4, -0.2) is 70.3 Å². The molecule has 1 fully saturated rings. The van der Waals surface area contributed by atoms with Gasteiger partial charge in [0, 0.05) is 50.3 Å². The summed E-state index contributed by atoms with van der Waals surface area (Å²) in [5.41, 5.74) is 4.55. The van der Waals surface area contributed by atoms with Gasteiger partial charge in [-0.3, -0.25) is 14.5 Å². The SMILES string of the molecule is O=C(c1cccc(Cc2n[nH]c(=O)c3c2CCCC3)c1)N1CCN(CCO)CC1. The molecule has 1 aromatic heterocycles. The first-order valence-electron chi connectivity index (χ1n) is 10.5. The Morgan fingerprint density at radius 2 is 1.86 bits per heavy atom. The number of fused-ring (bicyclic) bond motifs is 1. The number of nitrogens with one attached hydrogen (secondary N) is 1. The molecule has 0 radical (unpaired) electrons. The van der Waals surface area contributed by atoms with Gasteiger partial charge in [0.05, 0.1) is 12.3 Å². The van der Waals surface area contributed by atoms with Crippen molar-refractivity contribution >= 4 is 5.91 Å². The van der Waals surface area contributed by atoms with Crippen LogP contribution >= 0.6 is 0 Å². The zero-order chi connectivity index (χ0) is 20.2. The van der Waals surface area contributed by atoms with Crippen LogP contribution in [0.1, 0.15) is 45.6 Å². The predicted octanol–water partition coefficient (Wildman–Crippen LogP) is 0.990. The topological polar surface area (TPSA) is 89.5 Å². The standard InChI is InChI=1S/C22H28N4O3/c27-13-12-25-8-10-26(11-9-25)22(29)17-5-3-4-16(14-17)15-20-18-6-1-2-7-19(18)21(28)24-23-20/h3-5,14,27H,1-2,6-13,15H2,(H,24,28). The molecule has 7 nitrogen and oxygen atoms in total. The van der Waals surface area contributed by atoms with E-state index in [0.29, 0.717) is 31.6 Å². The quantitative estimate of drug-likeness (QED) is 0.787. The summed E-state index contributed by atoms with van der Waals surface area (Å²) in [4.78, 5) is 29.1. The Morgan fingerprint density at radius 1 is 1.10 bits per heavy atom. The summed E-state index contributed by atoms with van der Waals surface area (Å²) in [5, 5.41) is 16.0. The molecule has 2 aromatic rings. The van der Waals surface area contributed by atoms with Gasteiger partial charge in [-0.2, -0.15) is 5.10 Å². The maximum absolute atomic E-state index is 12.9. The van der Waals surface area contributed by atoms with Gasteiger partial charge in [0.2, 0.25) is 0 Å². The van der Waals surface area contributed by atoms with Crippen LogP contribution in [0.15, 0.2) is 29.1 Å². The zero-order valence-electron chi connectivity index (χ0n) is 16.7. The number of H-pyrrole nitrogens is 1. The van der Waals surface area contributed by atoms with Crippen molar-refractivity contribution in [3.8, 4) is 0 Å². The number of aromatic nitrogens is 2. The van der Waals surface area contributed by atoms with Crippen molar-refractivity contribution in [2.75, 3.05) is 39.3 Å². The van der Waals surface area contributed by atoms with Gasteiger partial charge in [-0.05, 0) is 48.9 Å². The molecule has 0 saturated carbocycles. The molecule has 0 spiro atoms. The van der Waals surface area contributed by atoms with E-state index in [0.717, 1.165) is 61.2 Å². The number of benzene rings is 1. The second-order valence-electron chi connectivity index (χ2n) is 7.90. The largest absolute Gasteiger partial charge is 0.395 e. The summed E-state index contributed by atoms with van der Waals surface area (Å²) in [6.45, 7) is 3.75. The fraction of sp³-hybridized carbons (Fsp3) is 0.500. The molecule has 1 aromatic carbocycles. The van der Waals surface area contributed by atoms with Gasteiger partial charge >= 0.3 is 0 Å². The van der Waals surface area contributed by atoms with Crippen molar-refractivity contribution in [2.45, 2.75) is 32.1 Å². The highest BCUT2D eigenvalue weighted by atomic mass is 16.3. The van der Waals surface area contributed by atoms with Gasteiger partial charge in [0.15, 0.2) is 0 Å². The number of carbonyl (C=O) groups is 1. The first-order chi connectivity index (χ1) is 14.2. The molecule has 4 rings (SSSR count). The Hall–Kier alpha value is -2.51. The van der Waals surface area contributed by atoms with E-state index in [4.69, 9.17) is 5.11 Å². The van der Waals surface area contributed by atoms with Crippen molar-refractivity contribution in [2.24, 2.45) is 0 Å². The van der Waals surface area contributed by atoms with Crippen molar-refractivity contribution in [1.29, 1.82) is 0 Å². The molecule has 2 heterocycles. The molecular formula is C22H28N4O3.